The number of aromatic nitrogens is 4. The largest absolute Gasteiger partial charge is 0.287 e. The van der Waals surface area contributed by atoms with Crippen LogP contribution < -0.4 is 0 Å². The molecule has 2 aromatic rings. The lowest BCUT2D eigenvalue weighted by Crippen LogP contribution is -2.04. The standard InChI is InChI=1S/C10H10N4OS/c1-6(2)8-10(16-14-13-8)9(15)7-3-11-5-12-4-7/h3-6H,1-2H3. The van der Waals surface area contributed by atoms with Gasteiger partial charge in [-0.25, -0.2) is 9.97 Å². The van der Waals surface area contributed by atoms with Gasteiger partial charge in [-0.1, -0.05) is 18.3 Å². The highest BCUT2D eigenvalue weighted by molar-refractivity contribution is 7.08. The molecule has 2 heterocycles. The molecule has 0 saturated heterocycles. The van der Waals surface area contributed by atoms with E-state index in [1.54, 1.807) is 0 Å². The first-order valence-electron chi connectivity index (χ1n) is 4.82. The fourth-order valence-corrected chi connectivity index (χ4v) is 2.06. The number of nitrogens with zero attached hydrogens (tertiary/aromatic N) is 4. The maximum absolute atomic E-state index is 12.1. The molecule has 0 aliphatic rings. The zero-order chi connectivity index (χ0) is 11.5. The van der Waals surface area contributed by atoms with Gasteiger partial charge >= 0.3 is 0 Å². The molecule has 0 unspecified atom stereocenters. The highest BCUT2D eigenvalue weighted by Crippen LogP contribution is 2.22. The van der Waals surface area contributed by atoms with Crippen LogP contribution in [0.4, 0.5) is 0 Å². The minimum atomic E-state index is -0.112. The van der Waals surface area contributed by atoms with E-state index in [-0.39, 0.29) is 11.7 Å². The van der Waals surface area contributed by atoms with Gasteiger partial charge in [-0.05, 0) is 17.5 Å². The molecule has 5 nitrogen and oxygen atoms in total. The molecular formula is C10H10N4OS. The number of carbonyl (C=O) groups excluding carboxylic acids is 1. The smallest absolute Gasteiger partial charge is 0.209 e. The van der Waals surface area contributed by atoms with Gasteiger partial charge in [0.25, 0.3) is 0 Å². The molecule has 2 rings (SSSR count). The summed E-state index contributed by atoms with van der Waals surface area (Å²) in [5, 5.41) is 3.97. The van der Waals surface area contributed by atoms with Gasteiger partial charge in [-0.3, -0.25) is 4.79 Å². The number of ketones is 1. The Labute approximate surface area is 96.7 Å². The molecule has 0 atom stereocenters. The minimum Gasteiger partial charge on any atom is -0.287 e. The lowest BCUT2D eigenvalue weighted by atomic mass is 10.1. The van der Waals surface area contributed by atoms with Crippen molar-refractivity contribution in [3.05, 3.63) is 34.9 Å². The summed E-state index contributed by atoms with van der Waals surface area (Å²) in [4.78, 5) is 20.3. The van der Waals surface area contributed by atoms with Gasteiger partial charge < -0.3 is 0 Å². The van der Waals surface area contributed by atoms with Crippen molar-refractivity contribution in [2.75, 3.05) is 0 Å². The van der Waals surface area contributed by atoms with Crippen LogP contribution >= 0.6 is 11.5 Å². The van der Waals surface area contributed by atoms with Crippen molar-refractivity contribution in [2.24, 2.45) is 0 Å². The lowest BCUT2D eigenvalue weighted by Gasteiger charge is -2.02. The summed E-state index contributed by atoms with van der Waals surface area (Å²) in [6.07, 6.45) is 4.39. The van der Waals surface area contributed by atoms with Crippen LogP contribution in [0.1, 0.15) is 40.7 Å². The zero-order valence-corrected chi connectivity index (χ0v) is 9.73. The van der Waals surface area contributed by atoms with E-state index in [0.717, 1.165) is 17.2 Å². The molecule has 6 heteroatoms. The van der Waals surface area contributed by atoms with Gasteiger partial charge in [-0.15, -0.1) is 5.10 Å². The lowest BCUT2D eigenvalue weighted by molar-refractivity contribution is 0.104. The molecule has 0 amide bonds. The van der Waals surface area contributed by atoms with E-state index in [0.29, 0.717) is 10.4 Å². The molecule has 0 saturated carbocycles. The van der Waals surface area contributed by atoms with E-state index < -0.39 is 0 Å². The van der Waals surface area contributed by atoms with Crippen LogP contribution in [0.5, 0.6) is 0 Å². The quantitative estimate of drug-likeness (QED) is 0.756. The summed E-state index contributed by atoms with van der Waals surface area (Å²) >= 11 is 1.11. The van der Waals surface area contributed by atoms with Crippen molar-refractivity contribution in [3.8, 4) is 0 Å². The molecule has 0 aliphatic heterocycles. The Kier molecular flexibility index (Phi) is 3.00. The predicted octanol–water partition coefficient (Wildman–Crippen LogP) is 1.68. The van der Waals surface area contributed by atoms with Gasteiger partial charge in [0, 0.05) is 12.4 Å². The SMILES string of the molecule is CC(C)c1nnsc1C(=O)c1cncnc1. The van der Waals surface area contributed by atoms with Gasteiger partial charge in [0.05, 0.1) is 11.3 Å². The van der Waals surface area contributed by atoms with E-state index >= 15 is 0 Å². The van der Waals surface area contributed by atoms with Crippen molar-refractivity contribution in [1.29, 1.82) is 0 Å². The molecule has 0 fully saturated rings. The summed E-state index contributed by atoms with van der Waals surface area (Å²) in [7, 11) is 0. The fraction of sp³-hybridized carbons (Fsp3) is 0.300. The average molecular weight is 234 g/mol. The third-order valence-corrected chi connectivity index (χ3v) is 2.83. The van der Waals surface area contributed by atoms with Gasteiger partial charge in [0.1, 0.15) is 11.2 Å². The highest BCUT2D eigenvalue weighted by atomic mass is 32.1. The van der Waals surface area contributed by atoms with E-state index in [2.05, 4.69) is 19.6 Å². The van der Waals surface area contributed by atoms with Crippen LogP contribution in [-0.2, 0) is 0 Å². The Morgan fingerprint density at radius 1 is 1.31 bits per heavy atom. The Hall–Kier alpha value is -1.69. The van der Waals surface area contributed by atoms with Crippen LogP contribution in [-0.4, -0.2) is 25.3 Å². The molecule has 2 aromatic heterocycles. The van der Waals surface area contributed by atoms with Crippen molar-refractivity contribution in [2.45, 2.75) is 19.8 Å². The monoisotopic (exact) mass is 234 g/mol. The van der Waals surface area contributed by atoms with Gasteiger partial charge in [-0.2, -0.15) is 0 Å². The van der Waals surface area contributed by atoms with Crippen LogP contribution in [0.3, 0.4) is 0 Å². The summed E-state index contributed by atoms with van der Waals surface area (Å²) in [6, 6.07) is 0. The normalized spacial score (nSPS) is 10.7. The summed E-state index contributed by atoms with van der Waals surface area (Å²) in [5.74, 6) is 0.0710. The summed E-state index contributed by atoms with van der Waals surface area (Å²) in [5.41, 5.74) is 1.20. The van der Waals surface area contributed by atoms with E-state index in [9.17, 15) is 4.79 Å². The van der Waals surface area contributed by atoms with Crippen LogP contribution in [0, 0.1) is 0 Å². The van der Waals surface area contributed by atoms with E-state index in [4.69, 9.17) is 0 Å². The molecule has 0 radical (unpaired) electrons. The first-order chi connectivity index (χ1) is 7.70. The fourth-order valence-electron chi connectivity index (χ4n) is 1.28. The third kappa shape index (κ3) is 1.96. The topological polar surface area (TPSA) is 68.6 Å². The maximum Gasteiger partial charge on any atom is 0.209 e. The van der Waals surface area contributed by atoms with Crippen LogP contribution in [0.25, 0.3) is 0 Å². The first-order valence-corrected chi connectivity index (χ1v) is 5.59. The Morgan fingerprint density at radius 2 is 2.00 bits per heavy atom. The van der Waals surface area contributed by atoms with E-state index in [1.807, 2.05) is 13.8 Å². The number of carbonyl (C=O) groups is 1. The highest BCUT2D eigenvalue weighted by Gasteiger charge is 2.20. The van der Waals surface area contributed by atoms with Crippen LogP contribution in [0.15, 0.2) is 18.7 Å². The first kappa shape index (κ1) is 10.8. The Bertz CT molecular complexity index is 495. The molecular weight excluding hydrogens is 224 g/mol. The molecule has 82 valence electrons. The van der Waals surface area contributed by atoms with Crippen molar-refractivity contribution >= 4 is 17.3 Å². The van der Waals surface area contributed by atoms with Gasteiger partial charge in [0.15, 0.2) is 0 Å². The van der Waals surface area contributed by atoms with Crippen molar-refractivity contribution in [1.82, 2.24) is 19.6 Å². The molecule has 0 aliphatic carbocycles. The minimum absolute atomic E-state index is 0.112. The number of hydrogen-bond donors (Lipinski definition) is 0. The second-order valence-electron chi connectivity index (χ2n) is 3.60. The molecule has 0 N–H and O–H groups in total. The van der Waals surface area contributed by atoms with Gasteiger partial charge in [0.2, 0.25) is 5.78 Å². The third-order valence-electron chi connectivity index (χ3n) is 2.09. The maximum atomic E-state index is 12.1. The zero-order valence-electron chi connectivity index (χ0n) is 8.91. The van der Waals surface area contributed by atoms with Crippen LogP contribution in [0.2, 0.25) is 0 Å². The summed E-state index contributed by atoms with van der Waals surface area (Å²) in [6.45, 7) is 3.96. The predicted molar refractivity (Wildman–Crippen MR) is 59.5 cm³/mol. The Morgan fingerprint density at radius 3 is 2.62 bits per heavy atom. The number of hydrogen-bond acceptors (Lipinski definition) is 6. The molecule has 0 bridgehead atoms. The summed E-state index contributed by atoms with van der Waals surface area (Å²) < 4.78 is 3.82. The second kappa shape index (κ2) is 4.44. The molecule has 16 heavy (non-hydrogen) atoms. The van der Waals surface area contributed by atoms with Crippen molar-refractivity contribution in [3.63, 3.8) is 0 Å². The number of rotatable bonds is 3. The average Bonchev–Trinajstić information content (AvgIpc) is 2.78. The molecule has 0 aromatic carbocycles. The second-order valence-corrected chi connectivity index (χ2v) is 4.35. The Balaban J connectivity index is 2.39. The molecule has 0 spiro atoms. The van der Waals surface area contributed by atoms with Crippen molar-refractivity contribution < 1.29 is 4.79 Å². The van der Waals surface area contributed by atoms with E-state index in [1.165, 1.54) is 18.7 Å².